The fourth-order valence-electron chi connectivity index (χ4n) is 2.60. The summed E-state index contributed by atoms with van der Waals surface area (Å²) in [6.07, 6.45) is 0.785. The molecule has 0 bridgehead atoms. The number of nitrogens with one attached hydrogen (secondary N) is 1. The van der Waals surface area contributed by atoms with E-state index >= 15 is 0 Å². The van der Waals surface area contributed by atoms with E-state index in [2.05, 4.69) is 19.2 Å². The molecule has 0 aromatic heterocycles. The van der Waals surface area contributed by atoms with E-state index in [9.17, 15) is 4.39 Å². The van der Waals surface area contributed by atoms with E-state index < -0.39 is 0 Å². The van der Waals surface area contributed by atoms with E-state index in [0.29, 0.717) is 21.6 Å². The van der Waals surface area contributed by atoms with E-state index in [1.54, 1.807) is 12.1 Å². The number of benzene rings is 1. The minimum Gasteiger partial charge on any atom is -0.313 e. The third-order valence-corrected chi connectivity index (χ3v) is 7.17. The maximum absolute atomic E-state index is 13.4. The lowest BCUT2D eigenvalue weighted by Gasteiger charge is -2.35. The van der Waals surface area contributed by atoms with Crippen LogP contribution < -0.4 is 5.32 Å². The van der Waals surface area contributed by atoms with Crippen LogP contribution >= 0.6 is 35.1 Å². The van der Waals surface area contributed by atoms with Crippen molar-refractivity contribution >= 4 is 35.1 Å². The van der Waals surface area contributed by atoms with Crippen molar-refractivity contribution in [3.8, 4) is 0 Å². The van der Waals surface area contributed by atoms with Gasteiger partial charge in [0.25, 0.3) is 0 Å². The van der Waals surface area contributed by atoms with Gasteiger partial charge in [0, 0.05) is 33.1 Å². The standard InChI is InChI=1S/C15H21ClFNS2/c1-3-18-14(15-10(2)19-6-7-20-15)9-11-8-12(17)4-5-13(11)16/h4-5,8,10,14-15,18H,3,6-7,9H2,1-2H3. The van der Waals surface area contributed by atoms with Gasteiger partial charge in [-0.05, 0) is 36.7 Å². The lowest BCUT2D eigenvalue weighted by molar-refractivity contribution is 0.499. The van der Waals surface area contributed by atoms with Crippen molar-refractivity contribution in [2.45, 2.75) is 36.8 Å². The average molecular weight is 334 g/mol. The summed E-state index contributed by atoms with van der Waals surface area (Å²) in [5.41, 5.74) is 0.904. The van der Waals surface area contributed by atoms with Crippen LogP contribution in [0.5, 0.6) is 0 Å². The van der Waals surface area contributed by atoms with E-state index in [1.807, 2.05) is 23.5 Å². The van der Waals surface area contributed by atoms with Crippen LogP contribution in [-0.2, 0) is 6.42 Å². The van der Waals surface area contributed by atoms with Crippen LogP contribution in [0, 0.1) is 5.82 Å². The summed E-state index contributed by atoms with van der Waals surface area (Å²) >= 11 is 10.3. The molecule has 0 saturated carbocycles. The summed E-state index contributed by atoms with van der Waals surface area (Å²) in [5, 5.41) is 5.39. The van der Waals surface area contributed by atoms with E-state index in [1.165, 1.54) is 17.6 Å². The number of thioether (sulfide) groups is 2. The Morgan fingerprint density at radius 1 is 1.40 bits per heavy atom. The Bertz CT molecular complexity index is 444. The first-order valence-electron chi connectivity index (χ1n) is 7.02. The van der Waals surface area contributed by atoms with Crippen molar-refractivity contribution in [1.82, 2.24) is 5.32 Å². The molecule has 0 radical (unpaired) electrons. The second-order valence-corrected chi connectivity index (χ2v) is 8.19. The summed E-state index contributed by atoms with van der Waals surface area (Å²) in [5.74, 6) is 2.21. The van der Waals surface area contributed by atoms with Crippen molar-refractivity contribution in [3.05, 3.63) is 34.6 Å². The summed E-state index contributed by atoms with van der Waals surface area (Å²) in [6, 6.07) is 4.98. The maximum atomic E-state index is 13.4. The Morgan fingerprint density at radius 3 is 2.85 bits per heavy atom. The lowest BCUT2D eigenvalue weighted by atomic mass is 10.0. The monoisotopic (exact) mass is 333 g/mol. The normalized spacial score (nSPS) is 24.6. The minimum atomic E-state index is -0.210. The predicted octanol–water partition coefficient (Wildman–Crippen LogP) is 4.24. The molecule has 1 aromatic rings. The highest BCUT2D eigenvalue weighted by molar-refractivity contribution is 8.07. The average Bonchev–Trinajstić information content (AvgIpc) is 2.43. The molecule has 1 aromatic carbocycles. The third-order valence-electron chi connectivity index (χ3n) is 3.55. The molecule has 1 nitrogen and oxygen atoms in total. The molecule has 20 heavy (non-hydrogen) atoms. The second-order valence-electron chi connectivity index (χ2n) is 5.02. The maximum Gasteiger partial charge on any atom is 0.123 e. The molecule has 1 aliphatic rings. The van der Waals surface area contributed by atoms with Crippen molar-refractivity contribution in [2.75, 3.05) is 18.1 Å². The molecule has 1 fully saturated rings. The zero-order valence-corrected chi connectivity index (χ0v) is 14.3. The number of rotatable bonds is 5. The van der Waals surface area contributed by atoms with Gasteiger partial charge in [-0.15, -0.1) is 0 Å². The molecule has 0 amide bonds. The van der Waals surface area contributed by atoms with Crippen molar-refractivity contribution in [1.29, 1.82) is 0 Å². The van der Waals surface area contributed by atoms with Gasteiger partial charge in [-0.1, -0.05) is 25.4 Å². The van der Waals surface area contributed by atoms with Gasteiger partial charge in [0.15, 0.2) is 0 Å². The first-order chi connectivity index (χ1) is 9.61. The fourth-order valence-corrected chi connectivity index (χ4v) is 5.75. The highest BCUT2D eigenvalue weighted by Crippen LogP contribution is 2.34. The van der Waals surface area contributed by atoms with Crippen LogP contribution in [-0.4, -0.2) is 34.6 Å². The quantitative estimate of drug-likeness (QED) is 0.865. The first kappa shape index (κ1) is 16.5. The van der Waals surface area contributed by atoms with Gasteiger partial charge in [-0.25, -0.2) is 4.39 Å². The van der Waals surface area contributed by atoms with E-state index in [-0.39, 0.29) is 5.82 Å². The Hall–Kier alpha value is 0.1000. The Balaban J connectivity index is 2.13. The smallest absolute Gasteiger partial charge is 0.123 e. The zero-order chi connectivity index (χ0) is 14.5. The van der Waals surface area contributed by atoms with Crippen LogP contribution in [0.25, 0.3) is 0 Å². The Morgan fingerprint density at radius 2 is 2.15 bits per heavy atom. The molecule has 1 N–H and O–H groups in total. The molecule has 112 valence electrons. The van der Waals surface area contributed by atoms with Crippen LogP contribution in [0.4, 0.5) is 4.39 Å². The molecular formula is C15H21ClFNS2. The zero-order valence-electron chi connectivity index (χ0n) is 11.9. The minimum absolute atomic E-state index is 0.210. The van der Waals surface area contributed by atoms with Crippen molar-refractivity contribution in [2.24, 2.45) is 0 Å². The number of hydrogen-bond donors (Lipinski definition) is 1. The van der Waals surface area contributed by atoms with Crippen LogP contribution in [0.1, 0.15) is 19.4 Å². The molecule has 1 heterocycles. The molecule has 5 heteroatoms. The largest absolute Gasteiger partial charge is 0.313 e. The summed E-state index contributed by atoms with van der Waals surface area (Å²) < 4.78 is 13.4. The molecule has 1 aliphatic heterocycles. The predicted molar refractivity (Wildman–Crippen MR) is 90.7 cm³/mol. The third kappa shape index (κ3) is 4.30. The molecule has 3 atom stereocenters. The second kappa shape index (κ2) is 7.92. The van der Waals surface area contributed by atoms with Gasteiger partial charge in [-0.2, -0.15) is 23.5 Å². The highest BCUT2D eigenvalue weighted by Gasteiger charge is 2.30. The summed E-state index contributed by atoms with van der Waals surface area (Å²) in [4.78, 5) is 0. The van der Waals surface area contributed by atoms with Crippen LogP contribution in [0.2, 0.25) is 5.02 Å². The molecule has 2 rings (SSSR count). The Kier molecular flexibility index (Phi) is 6.53. The van der Waals surface area contributed by atoms with Gasteiger partial charge >= 0.3 is 0 Å². The molecule has 1 saturated heterocycles. The van der Waals surface area contributed by atoms with Crippen LogP contribution in [0.3, 0.4) is 0 Å². The molecule has 3 unspecified atom stereocenters. The summed E-state index contributed by atoms with van der Waals surface area (Å²) in [6.45, 7) is 5.33. The number of halogens is 2. The molecular weight excluding hydrogens is 313 g/mol. The van der Waals surface area contributed by atoms with E-state index in [4.69, 9.17) is 11.6 Å². The molecule has 0 aliphatic carbocycles. The highest BCUT2D eigenvalue weighted by atomic mass is 35.5. The molecule has 0 spiro atoms. The van der Waals surface area contributed by atoms with Gasteiger partial charge in [-0.3, -0.25) is 0 Å². The van der Waals surface area contributed by atoms with Gasteiger partial charge in [0.1, 0.15) is 5.82 Å². The van der Waals surface area contributed by atoms with Crippen molar-refractivity contribution in [3.63, 3.8) is 0 Å². The summed E-state index contributed by atoms with van der Waals surface area (Å²) in [7, 11) is 0. The van der Waals surface area contributed by atoms with Crippen molar-refractivity contribution < 1.29 is 4.39 Å². The number of likely N-dealkylation sites (N-methyl/N-ethyl adjacent to an activating group) is 1. The van der Waals surface area contributed by atoms with Gasteiger partial charge in [0.2, 0.25) is 0 Å². The lowest BCUT2D eigenvalue weighted by Crippen LogP contribution is -2.45. The van der Waals surface area contributed by atoms with Gasteiger partial charge < -0.3 is 5.32 Å². The topological polar surface area (TPSA) is 12.0 Å². The Labute approximate surface area is 134 Å². The SMILES string of the molecule is CCNC(Cc1cc(F)ccc1Cl)C1SCCSC1C. The first-order valence-corrected chi connectivity index (χ1v) is 9.50. The number of hydrogen-bond acceptors (Lipinski definition) is 3. The van der Waals surface area contributed by atoms with E-state index in [0.717, 1.165) is 18.5 Å². The van der Waals surface area contributed by atoms with Gasteiger partial charge in [0.05, 0.1) is 0 Å². The fraction of sp³-hybridized carbons (Fsp3) is 0.600. The van der Waals surface area contributed by atoms with Crippen LogP contribution in [0.15, 0.2) is 18.2 Å².